The lowest BCUT2D eigenvalue weighted by Crippen LogP contribution is -2.49. The number of rotatable bonds is 15. The highest BCUT2D eigenvalue weighted by atomic mass is 16.5. The van der Waals surface area contributed by atoms with Crippen LogP contribution in [-0.2, 0) is 27.2 Å². The Labute approximate surface area is 177 Å². The van der Waals surface area contributed by atoms with Crippen LogP contribution in [0.5, 0.6) is 0 Å². The van der Waals surface area contributed by atoms with Gasteiger partial charge in [0, 0.05) is 13.8 Å². The van der Waals surface area contributed by atoms with E-state index in [1.54, 1.807) is 0 Å². The molecule has 0 saturated heterocycles. The molecule has 0 bridgehead atoms. The van der Waals surface area contributed by atoms with Gasteiger partial charge in [0.05, 0.1) is 5.54 Å². The molecule has 4 heteroatoms. The topological polar surface area (TPSA) is 55.4 Å². The minimum atomic E-state index is -0.548. The zero-order valence-corrected chi connectivity index (χ0v) is 19.0. The number of esters is 1. The molecule has 0 spiro atoms. The lowest BCUT2D eigenvalue weighted by atomic mass is 9.93. The van der Waals surface area contributed by atoms with E-state index < -0.39 is 5.54 Å². The Hall–Kier alpha value is -1.84. The summed E-state index contributed by atoms with van der Waals surface area (Å²) in [6.45, 7) is 7.26. The molecule has 0 heterocycles. The standard InChI is InChI=1S/C25H41NO3/c1-5-6-7-8-9-10-11-12-13-23-14-16-24(17-15-23)18-19-25(4,26-21(2)27)20-29-22(3)28/h14-17H,5-13,18-20H2,1-4H3,(H,26,27). The molecule has 1 rings (SSSR count). The Morgan fingerprint density at radius 2 is 1.38 bits per heavy atom. The minimum absolute atomic E-state index is 0.111. The number of hydrogen-bond acceptors (Lipinski definition) is 3. The number of benzene rings is 1. The second-order valence-electron chi connectivity index (χ2n) is 8.56. The molecule has 1 atom stereocenters. The van der Waals surface area contributed by atoms with Gasteiger partial charge < -0.3 is 10.1 Å². The molecule has 1 aromatic carbocycles. The normalized spacial score (nSPS) is 13.0. The van der Waals surface area contributed by atoms with Crippen molar-refractivity contribution in [3.05, 3.63) is 35.4 Å². The largest absolute Gasteiger partial charge is 0.463 e. The average molecular weight is 404 g/mol. The highest BCUT2D eigenvalue weighted by Gasteiger charge is 2.26. The first kappa shape index (κ1) is 25.2. The first-order valence-electron chi connectivity index (χ1n) is 11.3. The van der Waals surface area contributed by atoms with E-state index in [-0.39, 0.29) is 18.5 Å². The summed E-state index contributed by atoms with van der Waals surface area (Å²) in [4.78, 5) is 22.7. The second kappa shape index (κ2) is 14.2. The highest BCUT2D eigenvalue weighted by Crippen LogP contribution is 2.17. The zero-order chi connectivity index (χ0) is 21.5. The number of unbranched alkanes of at least 4 members (excludes halogenated alkanes) is 7. The van der Waals surface area contributed by atoms with E-state index in [4.69, 9.17) is 4.74 Å². The van der Waals surface area contributed by atoms with E-state index >= 15 is 0 Å². The lowest BCUT2D eigenvalue weighted by molar-refractivity contribution is -0.144. The van der Waals surface area contributed by atoms with Gasteiger partial charge in [-0.1, -0.05) is 76.1 Å². The molecule has 4 nitrogen and oxygen atoms in total. The summed E-state index contributed by atoms with van der Waals surface area (Å²) in [6.07, 6.45) is 13.5. The molecule has 0 aliphatic carbocycles. The maximum absolute atomic E-state index is 11.5. The van der Waals surface area contributed by atoms with Gasteiger partial charge in [-0.15, -0.1) is 0 Å². The van der Waals surface area contributed by atoms with Crippen molar-refractivity contribution in [2.24, 2.45) is 0 Å². The molecule has 0 saturated carbocycles. The number of carbonyl (C=O) groups excluding carboxylic acids is 2. The van der Waals surface area contributed by atoms with Gasteiger partial charge in [-0.3, -0.25) is 9.59 Å². The molecule has 1 amide bonds. The number of nitrogens with one attached hydrogen (secondary N) is 1. The van der Waals surface area contributed by atoms with Crippen molar-refractivity contribution in [1.29, 1.82) is 0 Å². The smallest absolute Gasteiger partial charge is 0.302 e. The fraction of sp³-hybridized carbons (Fsp3) is 0.680. The van der Waals surface area contributed by atoms with Crippen LogP contribution in [0.3, 0.4) is 0 Å². The van der Waals surface area contributed by atoms with Crippen LogP contribution in [0.4, 0.5) is 0 Å². The molecule has 0 aliphatic rings. The van der Waals surface area contributed by atoms with Gasteiger partial charge in [0.2, 0.25) is 5.91 Å². The van der Waals surface area contributed by atoms with Crippen LogP contribution in [0.15, 0.2) is 24.3 Å². The van der Waals surface area contributed by atoms with E-state index in [1.165, 1.54) is 76.3 Å². The zero-order valence-electron chi connectivity index (χ0n) is 19.0. The van der Waals surface area contributed by atoms with E-state index in [0.29, 0.717) is 0 Å². The van der Waals surface area contributed by atoms with Crippen molar-refractivity contribution in [3.63, 3.8) is 0 Å². The monoisotopic (exact) mass is 403 g/mol. The third kappa shape index (κ3) is 12.4. The first-order valence-corrected chi connectivity index (χ1v) is 11.3. The minimum Gasteiger partial charge on any atom is -0.463 e. The fourth-order valence-electron chi connectivity index (χ4n) is 3.61. The quantitative estimate of drug-likeness (QED) is 0.299. The molecule has 1 aromatic rings. The molecule has 1 unspecified atom stereocenters. The second-order valence-corrected chi connectivity index (χ2v) is 8.56. The van der Waals surface area contributed by atoms with Crippen molar-refractivity contribution < 1.29 is 14.3 Å². The van der Waals surface area contributed by atoms with Crippen LogP contribution in [0.25, 0.3) is 0 Å². The fourth-order valence-corrected chi connectivity index (χ4v) is 3.61. The predicted octanol–water partition coefficient (Wildman–Crippen LogP) is 5.76. The van der Waals surface area contributed by atoms with Gasteiger partial charge in [0.15, 0.2) is 0 Å². The van der Waals surface area contributed by atoms with Gasteiger partial charge >= 0.3 is 5.97 Å². The van der Waals surface area contributed by atoms with Crippen LogP contribution in [0, 0.1) is 0 Å². The van der Waals surface area contributed by atoms with Gasteiger partial charge in [-0.05, 0) is 43.7 Å². The number of hydrogen-bond donors (Lipinski definition) is 1. The van der Waals surface area contributed by atoms with E-state index in [0.717, 1.165) is 19.3 Å². The molecule has 0 aromatic heterocycles. The SMILES string of the molecule is CCCCCCCCCCc1ccc(CCC(C)(COC(C)=O)NC(C)=O)cc1. The number of aryl methyl sites for hydroxylation is 2. The molecule has 1 N–H and O–H groups in total. The van der Waals surface area contributed by atoms with Crippen LogP contribution in [-0.4, -0.2) is 24.0 Å². The van der Waals surface area contributed by atoms with Crippen LogP contribution >= 0.6 is 0 Å². The summed E-state index contributed by atoms with van der Waals surface area (Å²) in [7, 11) is 0. The maximum Gasteiger partial charge on any atom is 0.302 e. The third-order valence-corrected chi connectivity index (χ3v) is 5.38. The Morgan fingerprint density at radius 1 is 0.862 bits per heavy atom. The van der Waals surface area contributed by atoms with Crippen LogP contribution in [0.2, 0.25) is 0 Å². The van der Waals surface area contributed by atoms with E-state index in [9.17, 15) is 9.59 Å². The summed E-state index contributed by atoms with van der Waals surface area (Å²) >= 11 is 0. The van der Waals surface area contributed by atoms with Gasteiger partial charge in [0.25, 0.3) is 0 Å². The van der Waals surface area contributed by atoms with E-state index in [2.05, 4.69) is 36.5 Å². The summed E-state index contributed by atoms with van der Waals surface area (Å²) < 4.78 is 5.15. The third-order valence-electron chi connectivity index (χ3n) is 5.38. The van der Waals surface area contributed by atoms with Crippen molar-refractivity contribution in [2.45, 2.75) is 104 Å². The molecule has 0 radical (unpaired) electrons. The van der Waals surface area contributed by atoms with Gasteiger partial charge in [-0.2, -0.15) is 0 Å². The maximum atomic E-state index is 11.5. The summed E-state index contributed by atoms with van der Waals surface area (Å²) in [5.41, 5.74) is 2.08. The number of ether oxygens (including phenoxy) is 1. The average Bonchev–Trinajstić information content (AvgIpc) is 2.67. The summed E-state index contributed by atoms with van der Waals surface area (Å²) in [5, 5.41) is 2.93. The molecular weight excluding hydrogens is 362 g/mol. The Balaban J connectivity index is 2.36. The van der Waals surface area contributed by atoms with E-state index in [1.807, 2.05) is 6.92 Å². The molecule has 164 valence electrons. The Kier molecular flexibility index (Phi) is 12.3. The lowest BCUT2D eigenvalue weighted by Gasteiger charge is -2.30. The van der Waals surface area contributed by atoms with Crippen LogP contribution in [0.1, 0.15) is 96.6 Å². The highest BCUT2D eigenvalue weighted by molar-refractivity contribution is 5.74. The van der Waals surface area contributed by atoms with Crippen molar-refractivity contribution in [3.8, 4) is 0 Å². The van der Waals surface area contributed by atoms with Crippen LogP contribution < -0.4 is 5.32 Å². The first-order chi connectivity index (χ1) is 13.8. The molecule has 0 aliphatic heterocycles. The molecular formula is C25H41NO3. The van der Waals surface area contributed by atoms with Crippen molar-refractivity contribution in [1.82, 2.24) is 5.32 Å². The Morgan fingerprint density at radius 3 is 1.90 bits per heavy atom. The number of amides is 1. The number of carbonyl (C=O) groups is 2. The van der Waals surface area contributed by atoms with Crippen molar-refractivity contribution >= 4 is 11.9 Å². The Bertz CT molecular complexity index is 597. The molecule has 0 fully saturated rings. The predicted molar refractivity (Wildman–Crippen MR) is 120 cm³/mol. The molecule has 29 heavy (non-hydrogen) atoms. The summed E-state index contributed by atoms with van der Waals surface area (Å²) in [5.74, 6) is -0.438. The summed E-state index contributed by atoms with van der Waals surface area (Å²) in [6, 6.07) is 8.80. The van der Waals surface area contributed by atoms with Gasteiger partial charge in [0.1, 0.15) is 6.61 Å². The van der Waals surface area contributed by atoms with Crippen molar-refractivity contribution in [2.75, 3.05) is 6.61 Å². The van der Waals surface area contributed by atoms with Gasteiger partial charge in [-0.25, -0.2) is 0 Å².